The van der Waals surface area contributed by atoms with Gasteiger partial charge < -0.3 is 20.1 Å². The number of rotatable bonds is 42. The molecule has 0 aromatic rings. The van der Waals surface area contributed by atoms with E-state index >= 15 is 0 Å². The SMILES string of the molecule is CCCCCCCCCCCCCCCCCCCCCCCCC(=O)O[C@H](COC(=O)CCCCCCCCCCC)COP(=O)(O)OCCN. The zero-order chi connectivity index (χ0) is 38.2. The summed E-state index contributed by atoms with van der Waals surface area (Å²) in [6.07, 6.45) is 38.6. The number of esters is 2. The molecule has 0 heterocycles. The van der Waals surface area contributed by atoms with Crippen LogP contribution < -0.4 is 5.73 Å². The lowest BCUT2D eigenvalue weighted by molar-refractivity contribution is -0.161. The molecule has 0 saturated heterocycles. The van der Waals surface area contributed by atoms with E-state index in [-0.39, 0.29) is 38.6 Å². The lowest BCUT2D eigenvalue weighted by Gasteiger charge is -2.19. The summed E-state index contributed by atoms with van der Waals surface area (Å²) in [4.78, 5) is 34.7. The van der Waals surface area contributed by atoms with E-state index in [1.54, 1.807) is 0 Å². The Balaban J connectivity index is 3.97. The maximum absolute atomic E-state index is 12.6. The number of nitrogens with two attached hydrogens (primary N) is 1. The van der Waals surface area contributed by atoms with Gasteiger partial charge in [0, 0.05) is 19.4 Å². The highest BCUT2D eigenvalue weighted by molar-refractivity contribution is 7.47. The Morgan fingerprint density at radius 3 is 1.17 bits per heavy atom. The standard InChI is InChI=1S/C42H84NO8P/c1-3-5-7-9-11-13-14-15-16-17-18-19-20-21-22-23-24-25-27-29-31-33-35-42(45)51-40(39-50-52(46,47)49-37-36-43)38-48-41(44)34-32-30-28-26-12-10-8-6-4-2/h40H,3-39,43H2,1-2H3,(H,46,47)/t40-/m1/s1. The van der Waals surface area contributed by atoms with Crippen molar-refractivity contribution in [2.45, 2.75) is 232 Å². The number of hydrogen-bond acceptors (Lipinski definition) is 8. The molecule has 0 radical (unpaired) electrons. The second-order valence-corrected chi connectivity index (χ2v) is 16.4. The Morgan fingerprint density at radius 2 is 0.827 bits per heavy atom. The van der Waals surface area contributed by atoms with Crippen LogP contribution in [0.3, 0.4) is 0 Å². The van der Waals surface area contributed by atoms with Crippen molar-refractivity contribution in [1.29, 1.82) is 0 Å². The summed E-state index contributed by atoms with van der Waals surface area (Å²) in [6, 6.07) is 0. The van der Waals surface area contributed by atoms with Gasteiger partial charge in [0.05, 0.1) is 13.2 Å². The summed E-state index contributed by atoms with van der Waals surface area (Å²) in [7, 11) is -4.36. The molecule has 3 N–H and O–H groups in total. The van der Waals surface area contributed by atoms with Crippen LogP contribution in [-0.2, 0) is 32.7 Å². The smallest absolute Gasteiger partial charge is 0.462 e. The molecule has 0 aliphatic rings. The van der Waals surface area contributed by atoms with Gasteiger partial charge in [0.25, 0.3) is 0 Å². The maximum atomic E-state index is 12.6. The molecule has 10 heteroatoms. The second-order valence-electron chi connectivity index (χ2n) is 14.9. The van der Waals surface area contributed by atoms with Crippen LogP contribution in [-0.4, -0.2) is 49.3 Å². The molecule has 0 rings (SSSR count). The zero-order valence-electron chi connectivity index (χ0n) is 34.1. The van der Waals surface area contributed by atoms with Crippen molar-refractivity contribution >= 4 is 19.8 Å². The average Bonchev–Trinajstić information content (AvgIpc) is 3.13. The molecule has 0 spiro atoms. The summed E-state index contributed by atoms with van der Waals surface area (Å²) in [5.41, 5.74) is 5.34. The normalized spacial score (nSPS) is 13.2. The van der Waals surface area contributed by atoms with Crippen molar-refractivity contribution < 1.29 is 37.6 Å². The molecule has 0 saturated carbocycles. The molecule has 0 amide bonds. The number of unbranched alkanes of at least 4 members (excludes halogenated alkanes) is 29. The van der Waals surface area contributed by atoms with Crippen LogP contribution in [0.2, 0.25) is 0 Å². The van der Waals surface area contributed by atoms with Crippen molar-refractivity contribution in [3.8, 4) is 0 Å². The van der Waals surface area contributed by atoms with Crippen LogP contribution >= 0.6 is 7.82 Å². The largest absolute Gasteiger partial charge is 0.472 e. The molecule has 0 aromatic heterocycles. The summed E-state index contributed by atoms with van der Waals surface area (Å²) in [5, 5.41) is 0. The third kappa shape index (κ3) is 38.7. The van der Waals surface area contributed by atoms with E-state index < -0.39 is 26.5 Å². The van der Waals surface area contributed by atoms with E-state index in [0.29, 0.717) is 6.42 Å². The zero-order valence-corrected chi connectivity index (χ0v) is 35.0. The fraction of sp³-hybridized carbons (Fsp3) is 0.952. The number of phosphoric ester groups is 1. The van der Waals surface area contributed by atoms with E-state index in [1.165, 1.54) is 161 Å². The molecule has 0 aliphatic carbocycles. The van der Waals surface area contributed by atoms with Gasteiger partial charge in [0.15, 0.2) is 6.10 Å². The quantitative estimate of drug-likeness (QED) is 0.0354. The second kappa shape index (κ2) is 39.7. The highest BCUT2D eigenvalue weighted by atomic mass is 31.2. The molecule has 52 heavy (non-hydrogen) atoms. The van der Waals surface area contributed by atoms with E-state index in [2.05, 4.69) is 13.8 Å². The fourth-order valence-electron chi connectivity index (χ4n) is 6.46. The van der Waals surface area contributed by atoms with Crippen molar-refractivity contribution in [1.82, 2.24) is 0 Å². The van der Waals surface area contributed by atoms with Crippen molar-refractivity contribution in [3.05, 3.63) is 0 Å². The third-order valence-corrected chi connectivity index (χ3v) is 10.7. The molecule has 0 fully saturated rings. The van der Waals surface area contributed by atoms with E-state index in [0.717, 1.165) is 32.1 Å². The van der Waals surface area contributed by atoms with Gasteiger partial charge in [-0.1, -0.05) is 200 Å². The Labute approximate surface area is 320 Å². The predicted molar refractivity (Wildman–Crippen MR) is 215 cm³/mol. The van der Waals surface area contributed by atoms with Crippen molar-refractivity contribution in [3.63, 3.8) is 0 Å². The van der Waals surface area contributed by atoms with Crippen LogP contribution in [0.15, 0.2) is 0 Å². The molecule has 1 unspecified atom stereocenters. The molecular formula is C42H84NO8P. The highest BCUT2D eigenvalue weighted by Gasteiger charge is 2.26. The number of ether oxygens (including phenoxy) is 2. The first kappa shape index (κ1) is 51.0. The minimum atomic E-state index is -4.36. The van der Waals surface area contributed by atoms with Crippen molar-refractivity contribution in [2.75, 3.05) is 26.4 Å². The van der Waals surface area contributed by atoms with Crippen LogP contribution in [0.4, 0.5) is 0 Å². The first-order valence-electron chi connectivity index (χ1n) is 22.0. The molecule has 9 nitrogen and oxygen atoms in total. The minimum Gasteiger partial charge on any atom is -0.462 e. The fourth-order valence-corrected chi connectivity index (χ4v) is 7.23. The van der Waals surface area contributed by atoms with Gasteiger partial charge in [0.1, 0.15) is 6.61 Å². The van der Waals surface area contributed by atoms with Crippen LogP contribution in [0.25, 0.3) is 0 Å². The first-order valence-corrected chi connectivity index (χ1v) is 23.5. The molecule has 2 atom stereocenters. The first-order chi connectivity index (χ1) is 25.3. The van der Waals surface area contributed by atoms with Crippen LogP contribution in [0.1, 0.15) is 226 Å². The number of carbonyl (C=O) groups is 2. The molecular weight excluding hydrogens is 677 g/mol. The molecule has 0 aromatic carbocycles. The Hall–Kier alpha value is -0.990. The minimum absolute atomic E-state index is 0.0579. The number of hydrogen-bond donors (Lipinski definition) is 2. The third-order valence-electron chi connectivity index (χ3n) is 9.74. The van der Waals surface area contributed by atoms with E-state index in [1.807, 2.05) is 0 Å². The lowest BCUT2D eigenvalue weighted by atomic mass is 10.0. The van der Waals surface area contributed by atoms with Gasteiger partial charge in [0.2, 0.25) is 0 Å². The van der Waals surface area contributed by atoms with Gasteiger partial charge in [-0.05, 0) is 12.8 Å². The summed E-state index contributed by atoms with van der Waals surface area (Å²) in [6.45, 7) is 3.75. The van der Waals surface area contributed by atoms with Crippen LogP contribution in [0.5, 0.6) is 0 Å². The highest BCUT2D eigenvalue weighted by Crippen LogP contribution is 2.43. The average molecular weight is 762 g/mol. The van der Waals surface area contributed by atoms with E-state index in [4.69, 9.17) is 24.3 Å². The monoisotopic (exact) mass is 762 g/mol. The van der Waals surface area contributed by atoms with Gasteiger partial charge in [-0.2, -0.15) is 0 Å². The van der Waals surface area contributed by atoms with Gasteiger partial charge >= 0.3 is 19.8 Å². The van der Waals surface area contributed by atoms with Crippen molar-refractivity contribution in [2.24, 2.45) is 5.73 Å². The Kier molecular flexibility index (Phi) is 38.9. The van der Waals surface area contributed by atoms with E-state index in [9.17, 15) is 19.0 Å². The Morgan fingerprint density at radius 1 is 0.500 bits per heavy atom. The lowest BCUT2D eigenvalue weighted by Crippen LogP contribution is -2.29. The summed E-state index contributed by atoms with van der Waals surface area (Å²) < 4.78 is 32.7. The van der Waals surface area contributed by atoms with Gasteiger partial charge in [-0.25, -0.2) is 4.57 Å². The van der Waals surface area contributed by atoms with Crippen LogP contribution in [0, 0.1) is 0 Å². The summed E-state index contributed by atoms with van der Waals surface area (Å²) >= 11 is 0. The van der Waals surface area contributed by atoms with Gasteiger partial charge in [-0.15, -0.1) is 0 Å². The topological polar surface area (TPSA) is 134 Å². The maximum Gasteiger partial charge on any atom is 0.472 e. The summed E-state index contributed by atoms with van der Waals surface area (Å²) in [5.74, 6) is -0.817. The Bertz CT molecular complexity index is 830. The number of phosphoric acid groups is 1. The molecule has 0 aliphatic heterocycles. The molecule has 310 valence electrons. The predicted octanol–water partition coefficient (Wildman–Crippen LogP) is 12.4. The van der Waals surface area contributed by atoms with Gasteiger partial charge in [-0.3, -0.25) is 18.6 Å². The molecule has 0 bridgehead atoms. The number of carbonyl (C=O) groups excluding carboxylic acids is 2.